The lowest BCUT2D eigenvalue weighted by Gasteiger charge is -2.25. The minimum absolute atomic E-state index is 0.0757. The molecule has 1 heterocycles. The van der Waals surface area contributed by atoms with Crippen LogP contribution in [0.2, 0.25) is 0 Å². The first-order valence-corrected chi connectivity index (χ1v) is 8.26. The summed E-state index contributed by atoms with van der Waals surface area (Å²) in [7, 11) is 0. The van der Waals surface area contributed by atoms with Crippen LogP contribution in [0, 0.1) is 5.92 Å². The third kappa shape index (κ3) is 4.54. The van der Waals surface area contributed by atoms with Crippen molar-refractivity contribution < 1.29 is 17.9 Å². The van der Waals surface area contributed by atoms with Crippen LogP contribution < -0.4 is 10.1 Å². The van der Waals surface area contributed by atoms with Gasteiger partial charge in [-0.3, -0.25) is 0 Å². The van der Waals surface area contributed by atoms with Crippen LogP contribution in [0.25, 0.3) is 0 Å². The van der Waals surface area contributed by atoms with Gasteiger partial charge in [0.25, 0.3) is 0 Å². The molecule has 0 aliphatic carbocycles. The fourth-order valence-electron chi connectivity index (χ4n) is 2.56. The molecule has 0 amide bonds. The van der Waals surface area contributed by atoms with Crippen molar-refractivity contribution in [3.05, 3.63) is 29.3 Å². The van der Waals surface area contributed by atoms with E-state index in [-0.39, 0.29) is 11.8 Å². The second-order valence-corrected chi connectivity index (χ2v) is 6.36. The maximum atomic E-state index is 12.4. The quantitative estimate of drug-likeness (QED) is 0.882. The van der Waals surface area contributed by atoms with Crippen LogP contribution in [-0.4, -0.2) is 18.7 Å². The molecule has 0 spiro atoms. The Bertz CT molecular complexity index is 478. The van der Waals surface area contributed by atoms with Gasteiger partial charge in [0.1, 0.15) is 5.75 Å². The summed E-state index contributed by atoms with van der Waals surface area (Å²) in [5.41, 5.74) is 2.02. The minimum atomic E-state index is -4.65. The molecule has 21 heavy (non-hydrogen) atoms. The zero-order chi connectivity index (χ0) is 15.5. The van der Waals surface area contributed by atoms with E-state index in [2.05, 4.69) is 23.9 Å². The van der Waals surface area contributed by atoms with E-state index in [9.17, 15) is 13.2 Å². The molecule has 2 nitrogen and oxygen atoms in total. The molecule has 6 heteroatoms. The fraction of sp³-hybridized carbons (Fsp3) is 0.600. The summed E-state index contributed by atoms with van der Waals surface area (Å²) < 4.78 is 41.2. The van der Waals surface area contributed by atoms with Crippen LogP contribution in [0.3, 0.4) is 0 Å². The predicted octanol–water partition coefficient (Wildman–Crippen LogP) is 4.51. The van der Waals surface area contributed by atoms with Crippen molar-refractivity contribution in [2.45, 2.75) is 38.4 Å². The molecule has 1 aliphatic heterocycles. The van der Waals surface area contributed by atoms with Gasteiger partial charge in [0.05, 0.1) is 0 Å². The van der Waals surface area contributed by atoms with Crippen LogP contribution in [0.15, 0.2) is 18.2 Å². The lowest BCUT2D eigenvalue weighted by molar-refractivity contribution is -0.274. The second-order valence-electron chi connectivity index (χ2n) is 5.33. The Balaban J connectivity index is 2.31. The highest BCUT2D eigenvalue weighted by molar-refractivity contribution is 7.98. The Hall–Kier alpha value is -0.880. The van der Waals surface area contributed by atoms with Crippen LogP contribution in [-0.2, 0) is 5.75 Å². The average Bonchev–Trinajstić information content (AvgIpc) is 2.53. The minimum Gasteiger partial charge on any atom is -0.406 e. The first-order valence-electron chi connectivity index (χ1n) is 7.10. The van der Waals surface area contributed by atoms with Crippen LogP contribution in [0.4, 0.5) is 13.2 Å². The van der Waals surface area contributed by atoms with E-state index < -0.39 is 6.36 Å². The summed E-state index contributed by atoms with van der Waals surface area (Å²) in [6.07, 6.45) is -3.66. The zero-order valence-electron chi connectivity index (χ0n) is 12.2. The van der Waals surface area contributed by atoms with Gasteiger partial charge >= 0.3 is 6.36 Å². The van der Waals surface area contributed by atoms with Gasteiger partial charge in [-0.2, -0.15) is 11.8 Å². The normalized spacial score (nSPS) is 22.5. The van der Waals surface area contributed by atoms with Crippen molar-refractivity contribution in [1.29, 1.82) is 0 Å². The number of benzene rings is 1. The summed E-state index contributed by atoms with van der Waals surface area (Å²) >= 11 is 1.82. The Morgan fingerprint density at radius 3 is 2.81 bits per heavy atom. The summed E-state index contributed by atoms with van der Waals surface area (Å²) in [5, 5.41) is 3.46. The van der Waals surface area contributed by atoms with Gasteiger partial charge in [0.2, 0.25) is 0 Å². The summed E-state index contributed by atoms with van der Waals surface area (Å²) in [6.45, 7) is 5.06. The number of nitrogens with one attached hydrogen (secondary N) is 1. The molecule has 1 aromatic carbocycles. The highest BCUT2D eigenvalue weighted by Gasteiger charge is 2.32. The fourth-order valence-corrected chi connectivity index (χ4v) is 3.72. The highest BCUT2D eigenvalue weighted by atomic mass is 32.2. The lowest BCUT2D eigenvalue weighted by atomic mass is 9.92. The summed E-state index contributed by atoms with van der Waals surface area (Å²) in [4.78, 5) is 0. The van der Waals surface area contributed by atoms with E-state index in [1.54, 1.807) is 12.1 Å². The van der Waals surface area contributed by atoms with E-state index in [0.29, 0.717) is 5.92 Å². The molecular weight excluding hydrogens is 299 g/mol. The molecule has 0 aromatic heterocycles. The third-order valence-electron chi connectivity index (χ3n) is 3.51. The maximum absolute atomic E-state index is 12.4. The Morgan fingerprint density at radius 1 is 1.38 bits per heavy atom. The van der Waals surface area contributed by atoms with Crippen molar-refractivity contribution in [3.8, 4) is 5.75 Å². The molecular formula is C15H20F3NOS. The van der Waals surface area contributed by atoms with E-state index in [1.807, 2.05) is 11.8 Å². The monoisotopic (exact) mass is 319 g/mol. The van der Waals surface area contributed by atoms with Crippen LogP contribution >= 0.6 is 11.8 Å². The number of halogens is 3. The highest BCUT2D eigenvalue weighted by Crippen LogP contribution is 2.37. The zero-order valence-corrected chi connectivity index (χ0v) is 13.0. The number of hydrogen-bond donors (Lipinski definition) is 1. The second kappa shape index (κ2) is 6.92. The summed E-state index contributed by atoms with van der Waals surface area (Å²) in [5.74, 6) is 2.05. The molecule has 0 saturated carbocycles. The smallest absolute Gasteiger partial charge is 0.406 e. The molecule has 0 saturated heterocycles. The van der Waals surface area contributed by atoms with Gasteiger partial charge in [-0.05, 0) is 47.9 Å². The Kier molecular flexibility index (Phi) is 5.43. The molecule has 2 unspecified atom stereocenters. The number of ether oxygens (including phenoxy) is 1. The topological polar surface area (TPSA) is 21.3 Å². The van der Waals surface area contributed by atoms with Crippen LogP contribution in [0.5, 0.6) is 5.75 Å². The van der Waals surface area contributed by atoms with Gasteiger partial charge in [-0.1, -0.05) is 19.9 Å². The average molecular weight is 319 g/mol. The Morgan fingerprint density at radius 2 is 2.14 bits per heavy atom. The molecule has 2 atom stereocenters. The molecule has 2 rings (SSSR count). The largest absolute Gasteiger partial charge is 0.573 e. The van der Waals surface area contributed by atoms with E-state index in [0.717, 1.165) is 35.6 Å². The molecule has 0 radical (unpaired) electrons. The third-order valence-corrected chi connectivity index (χ3v) is 4.78. The molecule has 0 fully saturated rings. The van der Waals surface area contributed by atoms with Crippen molar-refractivity contribution in [2.24, 2.45) is 5.92 Å². The number of fused-ring (bicyclic) bond motifs is 1. The van der Waals surface area contributed by atoms with E-state index in [4.69, 9.17) is 0 Å². The van der Waals surface area contributed by atoms with E-state index in [1.165, 1.54) is 6.07 Å². The van der Waals surface area contributed by atoms with Crippen molar-refractivity contribution >= 4 is 11.8 Å². The summed E-state index contributed by atoms with van der Waals surface area (Å²) in [6, 6.07) is 4.77. The molecule has 118 valence electrons. The number of hydrogen-bond acceptors (Lipinski definition) is 3. The molecule has 1 N–H and O–H groups in total. The standard InChI is InChI=1S/C15H20F3NOS/c1-3-6-19-14-10(2)8-21-9-11-4-5-12(7-13(11)14)20-15(16,17)18/h4-5,7,10,14,19H,3,6,8-9H2,1-2H3. The van der Waals surface area contributed by atoms with Gasteiger partial charge < -0.3 is 10.1 Å². The maximum Gasteiger partial charge on any atom is 0.573 e. The van der Waals surface area contributed by atoms with Crippen LogP contribution in [0.1, 0.15) is 37.4 Å². The van der Waals surface area contributed by atoms with Crippen molar-refractivity contribution in [2.75, 3.05) is 12.3 Å². The van der Waals surface area contributed by atoms with Gasteiger partial charge in [0, 0.05) is 11.8 Å². The van der Waals surface area contributed by atoms with Crippen molar-refractivity contribution in [3.63, 3.8) is 0 Å². The number of alkyl halides is 3. The van der Waals surface area contributed by atoms with Gasteiger partial charge in [0.15, 0.2) is 0 Å². The predicted molar refractivity (Wildman–Crippen MR) is 79.5 cm³/mol. The van der Waals surface area contributed by atoms with E-state index >= 15 is 0 Å². The SMILES string of the molecule is CCCNC1c2cc(OC(F)(F)F)ccc2CSCC1C. The van der Waals surface area contributed by atoms with Gasteiger partial charge in [-0.15, -0.1) is 13.2 Å². The lowest BCUT2D eigenvalue weighted by Crippen LogP contribution is -2.28. The Labute approximate surface area is 127 Å². The van der Waals surface area contributed by atoms with Gasteiger partial charge in [-0.25, -0.2) is 0 Å². The molecule has 0 bridgehead atoms. The number of rotatable bonds is 4. The first kappa shape index (κ1) is 16.5. The van der Waals surface area contributed by atoms with Crippen molar-refractivity contribution in [1.82, 2.24) is 5.32 Å². The molecule has 1 aliphatic rings. The molecule has 1 aromatic rings. The number of thioether (sulfide) groups is 1. The first-order chi connectivity index (χ1) is 9.90.